The van der Waals surface area contributed by atoms with Crippen LogP contribution in [0.2, 0.25) is 0 Å². The number of hydrogen-bond acceptors (Lipinski definition) is 0. The molecule has 0 heterocycles. The molecule has 68 valence electrons. The minimum absolute atomic E-state index is 0.378. The second-order valence-electron chi connectivity index (χ2n) is 2.62. The van der Waals surface area contributed by atoms with E-state index >= 15 is 0 Å². The van der Waals surface area contributed by atoms with Gasteiger partial charge in [-0.25, -0.2) is 0 Å². The van der Waals surface area contributed by atoms with Crippen molar-refractivity contribution in [2.24, 2.45) is 10.8 Å². The first-order chi connectivity index (χ1) is 12.0. The molecule has 0 radical (unpaired) electrons. The predicted molar refractivity (Wildman–Crippen MR) is 52.8 cm³/mol. The van der Waals surface area contributed by atoms with Crippen molar-refractivity contribution in [3.05, 3.63) is 0 Å². The van der Waals surface area contributed by atoms with Gasteiger partial charge in [0.05, 0.1) is 0 Å². The lowest BCUT2D eigenvalue weighted by Gasteiger charge is -2.22. The van der Waals surface area contributed by atoms with Gasteiger partial charge in [0.1, 0.15) is 0 Å². The standard InChI is InChI=1S/C11H24/c1-10(2,3)8-7-9-11(4,5)6/h7-9H2,1-6H3/i1D3,2D3,4D3,5D3,7D2,8D2,9D2. The van der Waals surface area contributed by atoms with E-state index in [-0.39, 0.29) is 0 Å². The molecule has 0 saturated heterocycles. The molecule has 0 aliphatic rings. The van der Waals surface area contributed by atoms with Crippen LogP contribution >= 0.6 is 0 Å². The highest BCUT2D eigenvalue weighted by Crippen LogP contribution is 2.27. The summed E-state index contributed by atoms with van der Waals surface area (Å²) in [4.78, 5) is 0. The maximum absolute atomic E-state index is 8.10. The van der Waals surface area contributed by atoms with Crippen LogP contribution in [0.15, 0.2) is 0 Å². The molecule has 0 bridgehead atoms. The Morgan fingerprint density at radius 2 is 1.36 bits per heavy atom. The molecule has 0 aliphatic heterocycles. The first-order valence-corrected chi connectivity index (χ1v) is 3.00. The topological polar surface area (TPSA) is 0 Å². The lowest BCUT2D eigenvalue weighted by molar-refractivity contribution is 0.301. The van der Waals surface area contributed by atoms with E-state index in [1.807, 2.05) is 0 Å². The molecule has 0 spiro atoms. The number of rotatable bonds is 2. The lowest BCUT2D eigenvalue weighted by Crippen LogP contribution is -2.09. The molecule has 0 nitrogen and oxygen atoms in total. The van der Waals surface area contributed by atoms with Crippen LogP contribution in [0.3, 0.4) is 0 Å². The molecule has 0 saturated carbocycles. The van der Waals surface area contributed by atoms with E-state index in [1.165, 1.54) is 0 Å². The third-order valence-electron chi connectivity index (χ3n) is 0.625. The fourth-order valence-electron chi connectivity index (χ4n) is 0.281. The fourth-order valence-corrected chi connectivity index (χ4v) is 0.281. The Hall–Kier alpha value is 0. The zero-order chi connectivity index (χ0) is 24.5. The molecule has 0 aromatic rings. The van der Waals surface area contributed by atoms with Crippen LogP contribution in [-0.4, -0.2) is 0 Å². The van der Waals surface area contributed by atoms with Gasteiger partial charge in [0, 0.05) is 24.7 Å². The van der Waals surface area contributed by atoms with Gasteiger partial charge in [-0.15, -0.1) is 0 Å². The fraction of sp³-hybridized carbons (Fsp3) is 1.00. The average molecular weight is 174 g/mol. The Labute approximate surface area is 97.7 Å². The summed E-state index contributed by atoms with van der Waals surface area (Å²) in [6, 6.07) is 0. The predicted octanol–water partition coefficient (Wildman–Crippen LogP) is 4.25. The zero-order valence-electron chi connectivity index (χ0n) is 24.5. The van der Waals surface area contributed by atoms with Crippen molar-refractivity contribution in [1.82, 2.24) is 0 Å². The highest BCUT2D eigenvalue weighted by molar-refractivity contribution is 4.66. The summed E-state index contributed by atoms with van der Waals surface area (Å²) < 4.78 is 139. The summed E-state index contributed by atoms with van der Waals surface area (Å²) in [6.45, 7) is -14.0. The summed E-state index contributed by atoms with van der Waals surface area (Å²) in [5.74, 6) is 0. The Balaban J connectivity index is 7.27. The molecule has 0 atom stereocenters. The molecule has 0 amide bonds. The van der Waals surface area contributed by atoms with Crippen LogP contribution in [0.5, 0.6) is 0 Å². The van der Waals surface area contributed by atoms with Crippen molar-refractivity contribution >= 4 is 0 Å². The second-order valence-corrected chi connectivity index (χ2v) is 2.62. The van der Waals surface area contributed by atoms with Crippen molar-refractivity contribution in [2.45, 2.75) is 60.4 Å². The first kappa shape index (κ1) is 1.40. The van der Waals surface area contributed by atoms with E-state index in [2.05, 4.69) is 0 Å². The summed E-state index contributed by atoms with van der Waals surface area (Å²) in [5.41, 5.74) is -7.04. The quantitative estimate of drug-likeness (QED) is 0.587. The summed E-state index contributed by atoms with van der Waals surface area (Å²) in [5, 5.41) is 0. The molecule has 0 aliphatic carbocycles. The minimum atomic E-state index is -4.19. The molecule has 11 heavy (non-hydrogen) atoms. The maximum Gasteiger partial charge on any atom is 0.0272 e. The van der Waals surface area contributed by atoms with Gasteiger partial charge < -0.3 is 0 Å². The van der Waals surface area contributed by atoms with Crippen molar-refractivity contribution in [3.8, 4) is 0 Å². The Morgan fingerprint density at radius 1 is 1.00 bits per heavy atom. The highest BCUT2D eigenvalue weighted by Gasteiger charge is 2.13. The van der Waals surface area contributed by atoms with Gasteiger partial charge in [0.15, 0.2) is 0 Å². The van der Waals surface area contributed by atoms with E-state index in [0.29, 0.717) is 13.8 Å². The normalized spacial score (nSPS) is 46.4. The maximum atomic E-state index is 8.10. The van der Waals surface area contributed by atoms with Gasteiger partial charge >= 0.3 is 0 Å². The van der Waals surface area contributed by atoms with E-state index in [9.17, 15) is 0 Å². The molecular formula is C11H24. The highest BCUT2D eigenvalue weighted by atomic mass is 14.2. The first-order valence-electron chi connectivity index (χ1n) is 12.0. The van der Waals surface area contributed by atoms with Gasteiger partial charge in [0.25, 0.3) is 0 Å². The average Bonchev–Trinajstić information content (AvgIpc) is 2.39. The molecule has 0 aromatic carbocycles. The Bertz CT molecular complexity index is 515. The molecule has 0 heteroatoms. The van der Waals surface area contributed by atoms with E-state index < -0.39 is 57.4 Å². The van der Waals surface area contributed by atoms with Crippen LogP contribution in [0.4, 0.5) is 0 Å². The molecule has 0 rings (SSSR count). The van der Waals surface area contributed by atoms with Gasteiger partial charge in [0.2, 0.25) is 0 Å². The van der Waals surface area contributed by atoms with Crippen molar-refractivity contribution in [2.75, 3.05) is 0 Å². The molecular weight excluding hydrogens is 132 g/mol. The van der Waals surface area contributed by atoms with Crippen molar-refractivity contribution < 1.29 is 24.7 Å². The SMILES string of the molecule is [2H]C([2H])([2H])C(C)(C([2H])([2H])[2H])C([2H])([2H])C([2H])([2H])C([2H])([2H])C(C)(C([2H])([2H])[2H])C([2H])([2H])[2H]. The summed E-state index contributed by atoms with van der Waals surface area (Å²) >= 11 is 0. The van der Waals surface area contributed by atoms with Crippen LogP contribution in [0, 0.1) is 10.8 Å². The third-order valence-corrected chi connectivity index (χ3v) is 0.625. The van der Waals surface area contributed by atoms with Gasteiger partial charge in [-0.3, -0.25) is 0 Å². The van der Waals surface area contributed by atoms with Gasteiger partial charge in [-0.1, -0.05) is 47.6 Å². The van der Waals surface area contributed by atoms with Gasteiger partial charge in [-0.2, -0.15) is 0 Å². The lowest BCUT2D eigenvalue weighted by atomic mass is 9.84. The van der Waals surface area contributed by atoms with Crippen LogP contribution in [0.1, 0.15) is 85.0 Å². The third kappa shape index (κ3) is 10.0. The van der Waals surface area contributed by atoms with E-state index in [1.54, 1.807) is 0 Å². The van der Waals surface area contributed by atoms with E-state index in [0.717, 1.165) is 0 Å². The largest absolute Gasteiger partial charge is 0.0602 e. The van der Waals surface area contributed by atoms with Gasteiger partial charge in [-0.05, 0) is 23.6 Å². The minimum Gasteiger partial charge on any atom is -0.0602 e. The van der Waals surface area contributed by atoms with Crippen LogP contribution in [-0.2, 0) is 0 Å². The van der Waals surface area contributed by atoms with Crippen LogP contribution < -0.4 is 0 Å². The monoisotopic (exact) mass is 174 g/mol. The number of hydrogen-bond donors (Lipinski definition) is 0. The smallest absolute Gasteiger partial charge is 0.0272 e. The zero-order valence-corrected chi connectivity index (χ0v) is 6.50. The Kier molecular flexibility index (Phi) is 0.459. The summed E-state index contributed by atoms with van der Waals surface area (Å²) in [6.07, 6.45) is -12.3. The molecule has 0 unspecified atom stereocenters. The molecule has 0 aromatic heterocycles. The van der Waals surface area contributed by atoms with Crippen molar-refractivity contribution in [1.29, 1.82) is 0 Å². The summed E-state index contributed by atoms with van der Waals surface area (Å²) in [7, 11) is 0. The molecule has 0 fully saturated rings. The van der Waals surface area contributed by atoms with Crippen LogP contribution in [0.25, 0.3) is 0 Å². The second kappa shape index (κ2) is 3.60. The van der Waals surface area contributed by atoms with Crippen molar-refractivity contribution in [3.63, 3.8) is 0 Å². The Morgan fingerprint density at radius 3 is 1.64 bits per heavy atom. The van der Waals surface area contributed by atoms with E-state index in [4.69, 9.17) is 24.7 Å². The molecule has 0 N–H and O–H groups in total.